The van der Waals surface area contributed by atoms with Crippen LogP contribution in [0.5, 0.6) is 23.0 Å². The van der Waals surface area contributed by atoms with E-state index in [-0.39, 0.29) is 30.5 Å². The Morgan fingerprint density at radius 3 is 2.56 bits per heavy atom. The van der Waals surface area contributed by atoms with Crippen LogP contribution in [0.1, 0.15) is 22.6 Å². The highest BCUT2D eigenvalue weighted by Crippen LogP contribution is 2.50. The van der Waals surface area contributed by atoms with Crippen LogP contribution < -0.4 is 18.9 Å². The molecular weight excluding hydrogens is 348 g/mol. The third-order valence-corrected chi connectivity index (χ3v) is 5.80. The van der Waals surface area contributed by atoms with Gasteiger partial charge in [-0.2, -0.15) is 0 Å². The Balaban J connectivity index is 1.69. The number of rotatable bonds is 3. The fourth-order valence-electron chi connectivity index (χ4n) is 4.55. The van der Waals surface area contributed by atoms with Gasteiger partial charge in [0.15, 0.2) is 23.0 Å². The molecule has 27 heavy (non-hydrogen) atoms. The summed E-state index contributed by atoms with van der Waals surface area (Å²) in [6, 6.07) is 9.90. The lowest BCUT2D eigenvalue weighted by Crippen LogP contribution is -2.31. The van der Waals surface area contributed by atoms with E-state index in [0.29, 0.717) is 23.9 Å². The number of fused-ring (bicyclic) bond motifs is 3. The summed E-state index contributed by atoms with van der Waals surface area (Å²) in [6.45, 7) is 0.678. The summed E-state index contributed by atoms with van der Waals surface area (Å²) in [5.41, 5.74) is 3.25. The van der Waals surface area contributed by atoms with Crippen molar-refractivity contribution in [1.29, 1.82) is 0 Å². The van der Waals surface area contributed by atoms with Gasteiger partial charge in [-0.15, -0.1) is 0 Å². The van der Waals surface area contributed by atoms with Crippen LogP contribution in [0.4, 0.5) is 0 Å². The van der Waals surface area contributed by atoms with Gasteiger partial charge in [0.1, 0.15) is 0 Å². The van der Waals surface area contributed by atoms with Crippen molar-refractivity contribution in [3.05, 3.63) is 47.0 Å². The van der Waals surface area contributed by atoms with Crippen molar-refractivity contribution in [1.82, 2.24) is 0 Å². The number of methoxy groups -OCH3 is 2. The van der Waals surface area contributed by atoms with E-state index in [0.717, 1.165) is 28.9 Å². The summed E-state index contributed by atoms with van der Waals surface area (Å²) in [6.07, 6.45) is 0.785. The van der Waals surface area contributed by atoms with Crippen molar-refractivity contribution in [2.24, 2.45) is 11.8 Å². The van der Waals surface area contributed by atoms with Crippen LogP contribution in [0.25, 0.3) is 0 Å². The summed E-state index contributed by atoms with van der Waals surface area (Å²) >= 11 is 0. The van der Waals surface area contributed by atoms with Crippen LogP contribution in [0.15, 0.2) is 30.3 Å². The van der Waals surface area contributed by atoms with Gasteiger partial charge in [-0.05, 0) is 47.4 Å². The van der Waals surface area contributed by atoms with Gasteiger partial charge in [0.25, 0.3) is 0 Å². The van der Waals surface area contributed by atoms with E-state index >= 15 is 0 Å². The van der Waals surface area contributed by atoms with Gasteiger partial charge in [-0.1, -0.05) is 6.07 Å². The molecule has 3 atom stereocenters. The molecule has 6 nitrogen and oxygen atoms in total. The molecule has 0 saturated carbocycles. The molecule has 1 fully saturated rings. The molecular formula is C21H20O6. The quantitative estimate of drug-likeness (QED) is 0.777. The zero-order valence-corrected chi connectivity index (χ0v) is 15.2. The van der Waals surface area contributed by atoms with E-state index in [2.05, 4.69) is 0 Å². The van der Waals surface area contributed by atoms with Crippen LogP contribution in [0, 0.1) is 11.8 Å². The lowest BCUT2D eigenvalue weighted by Gasteiger charge is -2.34. The maximum atomic E-state index is 12.6. The van der Waals surface area contributed by atoms with E-state index < -0.39 is 0 Å². The van der Waals surface area contributed by atoms with Gasteiger partial charge >= 0.3 is 5.97 Å². The van der Waals surface area contributed by atoms with Crippen molar-refractivity contribution in [3.8, 4) is 23.0 Å². The Hall–Kier alpha value is -2.89. The maximum Gasteiger partial charge on any atom is 0.310 e. The lowest BCUT2D eigenvalue weighted by atomic mass is 9.67. The van der Waals surface area contributed by atoms with Crippen molar-refractivity contribution in [2.45, 2.75) is 12.3 Å². The normalized spacial score (nSPS) is 24.8. The minimum atomic E-state index is -0.212. The van der Waals surface area contributed by atoms with Gasteiger partial charge in [0.2, 0.25) is 6.79 Å². The molecule has 0 bridgehead atoms. The first kappa shape index (κ1) is 16.3. The first-order valence-corrected chi connectivity index (χ1v) is 9.00. The second-order valence-corrected chi connectivity index (χ2v) is 7.12. The Labute approximate surface area is 156 Å². The molecule has 3 aliphatic rings. The molecule has 2 heterocycles. The number of esters is 1. The summed E-state index contributed by atoms with van der Waals surface area (Å²) in [4.78, 5) is 12.6. The van der Waals surface area contributed by atoms with Crippen LogP contribution in [0.2, 0.25) is 0 Å². The van der Waals surface area contributed by atoms with Crippen molar-refractivity contribution < 1.29 is 28.5 Å². The molecule has 0 unspecified atom stereocenters. The van der Waals surface area contributed by atoms with E-state index in [4.69, 9.17) is 23.7 Å². The topological polar surface area (TPSA) is 63.2 Å². The predicted molar refractivity (Wildman–Crippen MR) is 95.6 cm³/mol. The zero-order chi connectivity index (χ0) is 18.5. The summed E-state index contributed by atoms with van der Waals surface area (Å²) in [5.74, 6) is 2.48. The summed E-state index contributed by atoms with van der Waals surface area (Å²) in [5, 5.41) is 0. The first-order valence-electron chi connectivity index (χ1n) is 9.00. The van der Waals surface area contributed by atoms with Gasteiger partial charge in [0.05, 0.1) is 26.7 Å². The molecule has 0 radical (unpaired) electrons. The second-order valence-electron chi connectivity index (χ2n) is 7.12. The molecule has 2 aromatic rings. The zero-order valence-electron chi connectivity index (χ0n) is 15.2. The molecule has 0 aromatic heterocycles. The van der Waals surface area contributed by atoms with Crippen LogP contribution in [-0.4, -0.2) is 33.6 Å². The van der Waals surface area contributed by atoms with Gasteiger partial charge < -0.3 is 23.7 Å². The van der Waals surface area contributed by atoms with Crippen molar-refractivity contribution >= 4 is 5.97 Å². The molecule has 0 spiro atoms. The number of hydrogen-bond acceptors (Lipinski definition) is 6. The molecule has 0 amide bonds. The highest BCUT2D eigenvalue weighted by molar-refractivity contribution is 5.78. The van der Waals surface area contributed by atoms with Crippen molar-refractivity contribution in [2.75, 3.05) is 27.6 Å². The number of cyclic esters (lactones) is 1. The molecule has 5 rings (SSSR count). The molecule has 140 valence electrons. The number of carbonyl (C=O) groups is 1. The summed E-state index contributed by atoms with van der Waals surface area (Å²) < 4.78 is 27.4. The predicted octanol–water partition coefficient (Wildman–Crippen LogP) is 2.91. The van der Waals surface area contributed by atoms with Crippen LogP contribution in [-0.2, 0) is 16.0 Å². The van der Waals surface area contributed by atoms with Crippen LogP contribution >= 0.6 is 0 Å². The third kappa shape index (κ3) is 2.43. The number of carbonyl (C=O) groups excluding carboxylic acids is 1. The van der Waals surface area contributed by atoms with E-state index in [9.17, 15) is 4.79 Å². The molecule has 2 aromatic carbocycles. The average Bonchev–Trinajstić information content (AvgIpc) is 3.31. The third-order valence-electron chi connectivity index (χ3n) is 5.80. The molecule has 0 N–H and O–H groups in total. The van der Waals surface area contributed by atoms with E-state index in [1.807, 2.05) is 30.3 Å². The maximum absolute atomic E-state index is 12.6. The average molecular weight is 368 g/mol. The van der Waals surface area contributed by atoms with Crippen molar-refractivity contribution in [3.63, 3.8) is 0 Å². The molecule has 1 saturated heterocycles. The molecule has 1 aliphatic carbocycles. The molecule has 2 aliphatic heterocycles. The molecule has 6 heteroatoms. The minimum absolute atomic E-state index is 0.122. The smallest absolute Gasteiger partial charge is 0.310 e. The second kappa shape index (κ2) is 6.08. The number of ether oxygens (including phenoxy) is 5. The Morgan fingerprint density at radius 1 is 0.963 bits per heavy atom. The monoisotopic (exact) mass is 368 g/mol. The number of hydrogen-bond donors (Lipinski definition) is 0. The fraction of sp³-hybridized carbons (Fsp3) is 0.381. The van der Waals surface area contributed by atoms with E-state index in [1.165, 1.54) is 0 Å². The van der Waals surface area contributed by atoms with Crippen LogP contribution in [0.3, 0.4) is 0 Å². The Morgan fingerprint density at radius 2 is 1.74 bits per heavy atom. The Bertz CT molecular complexity index is 921. The summed E-state index contributed by atoms with van der Waals surface area (Å²) in [7, 11) is 3.25. The SMILES string of the molecule is COc1cc2c(cc1OC)[C@@H](c1ccc3c(c1)OCO3)[C@H]1C(=O)OC[C@@H]1C2. The number of benzene rings is 2. The lowest BCUT2D eigenvalue weighted by molar-refractivity contribution is -0.141. The minimum Gasteiger partial charge on any atom is -0.493 e. The highest BCUT2D eigenvalue weighted by atomic mass is 16.7. The first-order chi connectivity index (χ1) is 13.2. The highest BCUT2D eigenvalue weighted by Gasteiger charge is 2.47. The van der Waals surface area contributed by atoms with E-state index in [1.54, 1.807) is 14.2 Å². The largest absolute Gasteiger partial charge is 0.493 e. The Kier molecular flexibility index (Phi) is 3.67. The van der Waals surface area contributed by atoms with Gasteiger partial charge in [0, 0.05) is 11.8 Å². The standard InChI is InChI=1S/C21H20O6/c1-23-16-7-12-5-13-9-25-21(22)20(13)19(14(12)8-17(16)24-2)11-3-4-15-18(6-11)27-10-26-15/h3-4,6-8,13,19-20H,5,9-10H2,1-2H3/t13-,19+,20-/m0/s1. The fourth-order valence-corrected chi connectivity index (χ4v) is 4.55. The van der Waals surface area contributed by atoms with Gasteiger partial charge in [-0.3, -0.25) is 4.79 Å². The van der Waals surface area contributed by atoms with Gasteiger partial charge in [-0.25, -0.2) is 0 Å².